The van der Waals surface area contributed by atoms with E-state index in [0.717, 1.165) is 38.5 Å². The molecule has 0 radical (unpaired) electrons. The minimum Gasteiger partial charge on any atom is -0.393 e. The van der Waals surface area contributed by atoms with Gasteiger partial charge < -0.3 is 10.2 Å². The second kappa shape index (κ2) is 3.35. The molecule has 4 atom stereocenters. The summed E-state index contributed by atoms with van der Waals surface area (Å²) in [5.41, 5.74) is 0. The van der Waals surface area contributed by atoms with Crippen LogP contribution in [0.15, 0.2) is 0 Å². The molecule has 0 aromatic carbocycles. The third-order valence-electron chi connectivity index (χ3n) is 3.61. The van der Waals surface area contributed by atoms with Crippen LogP contribution >= 0.6 is 0 Å². The van der Waals surface area contributed by atoms with Gasteiger partial charge in [0.05, 0.1) is 12.2 Å². The first kappa shape index (κ1) is 8.52. The number of aliphatic hydroxyl groups is 2. The molecule has 2 fully saturated rings. The molecule has 2 heteroatoms. The van der Waals surface area contributed by atoms with Gasteiger partial charge in [0.25, 0.3) is 0 Å². The average Bonchev–Trinajstić information content (AvgIpc) is 2.59. The second-order valence-corrected chi connectivity index (χ2v) is 4.32. The largest absolute Gasteiger partial charge is 0.393 e. The Morgan fingerprint density at radius 3 is 1.33 bits per heavy atom. The summed E-state index contributed by atoms with van der Waals surface area (Å²) in [5.74, 6) is 0.810. The van der Waals surface area contributed by atoms with Crippen molar-refractivity contribution in [3.8, 4) is 0 Å². The summed E-state index contributed by atoms with van der Waals surface area (Å²) in [6, 6.07) is 0. The molecule has 4 unspecified atom stereocenters. The third-order valence-corrected chi connectivity index (χ3v) is 3.61. The first-order valence-corrected chi connectivity index (χ1v) is 5.15. The van der Waals surface area contributed by atoms with Crippen molar-refractivity contribution in [3.63, 3.8) is 0 Å². The lowest BCUT2D eigenvalue weighted by atomic mass is 9.86. The van der Waals surface area contributed by atoms with Crippen molar-refractivity contribution in [2.24, 2.45) is 11.8 Å². The highest BCUT2D eigenvalue weighted by molar-refractivity contribution is 4.89. The minimum absolute atomic E-state index is 0.122. The smallest absolute Gasteiger partial charge is 0.0572 e. The van der Waals surface area contributed by atoms with Gasteiger partial charge in [-0.3, -0.25) is 0 Å². The van der Waals surface area contributed by atoms with Crippen LogP contribution in [0.5, 0.6) is 0 Å². The molecular formula is C10H18O2. The summed E-state index contributed by atoms with van der Waals surface area (Å²) in [4.78, 5) is 0. The molecule has 0 aromatic rings. The summed E-state index contributed by atoms with van der Waals surface area (Å²) in [6.45, 7) is 0. The zero-order chi connectivity index (χ0) is 8.55. The fourth-order valence-corrected chi connectivity index (χ4v) is 2.94. The molecule has 70 valence electrons. The van der Waals surface area contributed by atoms with Crippen LogP contribution in [0.3, 0.4) is 0 Å². The van der Waals surface area contributed by atoms with Crippen molar-refractivity contribution in [2.75, 3.05) is 0 Å². The van der Waals surface area contributed by atoms with E-state index in [1.54, 1.807) is 0 Å². The Bertz CT molecular complexity index is 140. The van der Waals surface area contributed by atoms with Gasteiger partial charge in [-0.05, 0) is 37.5 Å². The van der Waals surface area contributed by atoms with Gasteiger partial charge in [0.2, 0.25) is 0 Å². The molecule has 2 saturated carbocycles. The molecule has 2 rings (SSSR count). The Labute approximate surface area is 73.6 Å². The van der Waals surface area contributed by atoms with Crippen LogP contribution < -0.4 is 0 Å². The average molecular weight is 170 g/mol. The molecule has 12 heavy (non-hydrogen) atoms. The van der Waals surface area contributed by atoms with Gasteiger partial charge in [0.15, 0.2) is 0 Å². The Morgan fingerprint density at radius 2 is 1.08 bits per heavy atom. The van der Waals surface area contributed by atoms with Crippen LogP contribution in [0.2, 0.25) is 0 Å². The SMILES string of the molecule is OC1CCCC1C1CCCC1O. The van der Waals surface area contributed by atoms with Gasteiger partial charge in [0, 0.05) is 0 Å². The lowest BCUT2D eigenvalue weighted by molar-refractivity contribution is 0.0398. The van der Waals surface area contributed by atoms with E-state index < -0.39 is 0 Å². The highest BCUT2D eigenvalue weighted by Gasteiger charge is 2.38. The molecule has 0 aliphatic heterocycles. The Balaban J connectivity index is 1.98. The topological polar surface area (TPSA) is 40.5 Å². The molecule has 2 aliphatic carbocycles. The Kier molecular flexibility index (Phi) is 2.37. The maximum atomic E-state index is 9.66. The quantitative estimate of drug-likeness (QED) is 0.623. The number of hydrogen-bond donors (Lipinski definition) is 2. The van der Waals surface area contributed by atoms with Gasteiger partial charge in [-0.2, -0.15) is 0 Å². The zero-order valence-electron chi connectivity index (χ0n) is 7.45. The summed E-state index contributed by atoms with van der Waals surface area (Å²) < 4.78 is 0. The summed E-state index contributed by atoms with van der Waals surface area (Å²) in [7, 11) is 0. The summed E-state index contributed by atoms with van der Waals surface area (Å²) in [5, 5.41) is 19.3. The molecule has 2 N–H and O–H groups in total. The molecular weight excluding hydrogens is 152 g/mol. The standard InChI is InChI=1S/C10H18O2/c11-9-5-1-3-7(9)8-4-2-6-10(8)12/h7-12H,1-6H2. The van der Waals surface area contributed by atoms with E-state index in [9.17, 15) is 10.2 Å². The van der Waals surface area contributed by atoms with Gasteiger partial charge >= 0.3 is 0 Å². The van der Waals surface area contributed by atoms with Gasteiger partial charge in [-0.1, -0.05) is 12.8 Å². The predicted octanol–water partition coefficient (Wildman–Crippen LogP) is 1.31. The molecule has 0 bridgehead atoms. The van der Waals surface area contributed by atoms with Crippen molar-refractivity contribution >= 4 is 0 Å². The first-order valence-electron chi connectivity index (χ1n) is 5.15. The van der Waals surface area contributed by atoms with Crippen LogP contribution in [-0.4, -0.2) is 22.4 Å². The van der Waals surface area contributed by atoms with E-state index in [1.165, 1.54) is 0 Å². The Hall–Kier alpha value is -0.0800. The third kappa shape index (κ3) is 1.38. The fraction of sp³-hybridized carbons (Fsp3) is 1.00. The Morgan fingerprint density at radius 1 is 0.667 bits per heavy atom. The monoisotopic (exact) mass is 170 g/mol. The van der Waals surface area contributed by atoms with E-state index in [1.807, 2.05) is 0 Å². The predicted molar refractivity (Wildman–Crippen MR) is 46.7 cm³/mol. The summed E-state index contributed by atoms with van der Waals surface area (Å²) >= 11 is 0. The van der Waals surface area contributed by atoms with Crippen molar-refractivity contribution < 1.29 is 10.2 Å². The van der Waals surface area contributed by atoms with Crippen molar-refractivity contribution in [3.05, 3.63) is 0 Å². The normalized spacial score (nSPS) is 48.5. The molecule has 0 aromatic heterocycles. The maximum absolute atomic E-state index is 9.66. The lowest BCUT2D eigenvalue weighted by Crippen LogP contribution is -2.28. The van der Waals surface area contributed by atoms with E-state index >= 15 is 0 Å². The van der Waals surface area contributed by atoms with Crippen LogP contribution in [-0.2, 0) is 0 Å². The highest BCUT2D eigenvalue weighted by Crippen LogP contribution is 2.40. The molecule has 0 spiro atoms. The van der Waals surface area contributed by atoms with Crippen LogP contribution in [0.25, 0.3) is 0 Å². The van der Waals surface area contributed by atoms with Gasteiger partial charge in [-0.25, -0.2) is 0 Å². The number of aliphatic hydroxyl groups excluding tert-OH is 2. The van der Waals surface area contributed by atoms with E-state index in [-0.39, 0.29) is 12.2 Å². The summed E-state index contributed by atoms with van der Waals surface area (Å²) in [6.07, 6.45) is 6.21. The molecule has 0 amide bonds. The van der Waals surface area contributed by atoms with Crippen LogP contribution in [0.4, 0.5) is 0 Å². The van der Waals surface area contributed by atoms with Gasteiger partial charge in [0.1, 0.15) is 0 Å². The zero-order valence-corrected chi connectivity index (χ0v) is 7.45. The second-order valence-electron chi connectivity index (χ2n) is 4.32. The molecule has 0 saturated heterocycles. The highest BCUT2D eigenvalue weighted by atomic mass is 16.3. The van der Waals surface area contributed by atoms with E-state index in [0.29, 0.717) is 11.8 Å². The van der Waals surface area contributed by atoms with E-state index in [2.05, 4.69) is 0 Å². The van der Waals surface area contributed by atoms with Crippen LogP contribution in [0, 0.1) is 11.8 Å². The van der Waals surface area contributed by atoms with Crippen LogP contribution in [0.1, 0.15) is 38.5 Å². The van der Waals surface area contributed by atoms with Crippen molar-refractivity contribution in [1.29, 1.82) is 0 Å². The van der Waals surface area contributed by atoms with Crippen molar-refractivity contribution in [2.45, 2.75) is 50.7 Å². The minimum atomic E-state index is -0.122. The fourth-order valence-electron chi connectivity index (χ4n) is 2.94. The molecule has 0 heterocycles. The number of rotatable bonds is 1. The lowest BCUT2D eigenvalue weighted by Gasteiger charge is -2.24. The molecule has 2 nitrogen and oxygen atoms in total. The molecule has 2 aliphatic rings. The van der Waals surface area contributed by atoms with E-state index in [4.69, 9.17) is 0 Å². The maximum Gasteiger partial charge on any atom is 0.0572 e. The number of hydrogen-bond acceptors (Lipinski definition) is 2. The van der Waals surface area contributed by atoms with Crippen molar-refractivity contribution in [1.82, 2.24) is 0 Å². The first-order chi connectivity index (χ1) is 5.79. The van der Waals surface area contributed by atoms with Gasteiger partial charge in [-0.15, -0.1) is 0 Å².